The molecule has 2 aliphatic rings. The fourth-order valence-electron chi connectivity index (χ4n) is 3.96. The predicted octanol–water partition coefficient (Wildman–Crippen LogP) is 2.28. The fraction of sp³-hybridized carbons (Fsp3) is 0.550. The number of aromatic nitrogens is 5. The first-order valence-electron chi connectivity index (χ1n) is 10.2. The first-order chi connectivity index (χ1) is 13.8. The summed E-state index contributed by atoms with van der Waals surface area (Å²) >= 11 is 0. The van der Waals surface area contributed by atoms with E-state index in [1.165, 1.54) is 37.6 Å². The monoisotopic (exact) mass is 381 g/mol. The minimum atomic E-state index is 0.00544. The van der Waals surface area contributed by atoms with Gasteiger partial charge < -0.3 is 10.2 Å². The number of carbonyl (C=O) groups excluding carboxylic acids is 1. The second-order valence-electron chi connectivity index (χ2n) is 7.52. The summed E-state index contributed by atoms with van der Waals surface area (Å²) < 4.78 is 1.57. The van der Waals surface area contributed by atoms with Crippen molar-refractivity contribution in [2.24, 2.45) is 5.92 Å². The van der Waals surface area contributed by atoms with E-state index in [4.69, 9.17) is 0 Å². The lowest BCUT2D eigenvalue weighted by Crippen LogP contribution is -2.43. The zero-order chi connectivity index (χ0) is 19.2. The van der Waals surface area contributed by atoms with E-state index in [1.54, 1.807) is 11.0 Å². The predicted molar refractivity (Wildman–Crippen MR) is 106 cm³/mol. The molecule has 2 aromatic heterocycles. The Morgan fingerprint density at radius 3 is 2.82 bits per heavy atom. The van der Waals surface area contributed by atoms with Crippen LogP contribution in [0.3, 0.4) is 0 Å². The number of carbonyl (C=O) groups is 1. The molecule has 8 heteroatoms. The molecule has 0 radical (unpaired) electrons. The van der Waals surface area contributed by atoms with Gasteiger partial charge in [0, 0.05) is 19.6 Å². The lowest BCUT2D eigenvalue weighted by molar-refractivity contribution is -0.125. The standard InChI is InChI=1S/C20H27N7O/c28-20(22-11-10-16-5-2-1-3-6-16)17-7-4-12-26(13-17)18-8-9-19(25-24-18)27-15-21-14-23-27/h5,8-9,14-15,17H,1-4,6-7,10-13H2,(H,22,28)/t17-/m0/s1. The summed E-state index contributed by atoms with van der Waals surface area (Å²) in [4.78, 5) is 18.7. The molecule has 1 N–H and O–H groups in total. The third kappa shape index (κ3) is 4.55. The number of hydrogen-bond donors (Lipinski definition) is 1. The topological polar surface area (TPSA) is 88.8 Å². The molecule has 148 valence electrons. The van der Waals surface area contributed by atoms with E-state index >= 15 is 0 Å². The molecule has 1 atom stereocenters. The molecule has 0 bridgehead atoms. The Balaban J connectivity index is 1.29. The van der Waals surface area contributed by atoms with Crippen LogP contribution in [0.1, 0.15) is 44.9 Å². The average molecular weight is 381 g/mol. The maximum Gasteiger partial charge on any atom is 0.224 e. The van der Waals surface area contributed by atoms with Gasteiger partial charge in [0.2, 0.25) is 5.91 Å². The van der Waals surface area contributed by atoms with E-state index < -0.39 is 0 Å². The van der Waals surface area contributed by atoms with Gasteiger partial charge in [0.25, 0.3) is 0 Å². The number of nitrogens with one attached hydrogen (secondary N) is 1. The fourth-order valence-corrected chi connectivity index (χ4v) is 3.96. The van der Waals surface area contributed by atoms with Gasteiger partial charge in [0.15, 0.2) is 11.6 Å². The van der Waals surface area contributed by atoms with Crippen LogP contribution in [0.5, 0.6) is 0 Å². The number of amides is 1. The lowest BCUT2D eigenvalue weighted by atomic mass is 9.96. The van der Waals surface area contributed by atoms with Crippen LogP contribution in [0.4, 0.5) is 5.82 Å². The van der Waals surface area contributed by atoms with Crippen molar-refractivity contribution in [2.75, 3.05) is 24.5 Å². The molecule has 0 spiro atoms. The molecule has 1 fully saturated rings. The number of nitrogens with zero attached hydrogens (tertiary/aromatic N) is 6. The molecule has 0 aromatic carbocycles. The Labute approximate surface area is 165 Å². The zero-order valence-electron chi connectivity index (χ0n) is 16.1. The summed E-state index contributed by atoms with van der Waals surface area (Å²) in [5.41, 5.74) is 1.50. The molecular weight excluding hydrogens is 354 g/mol. The molecule has 1 aliphatic carbocycles. The first kappa shape index (κ1) is 18.6. The summed E-state index contributed by atoms with van der Waals surface area (Å²) in [5.74, 6) is 1.59. The highest BCUT2D eigenvalue weighted by atomic mass is 16.1. The van der Waals surface area contributed by atoms with E-state index in [2.05, 4.69) is 36.6 Å². The smallest absolute Gasteiger partial charge is 0.224 e. The van der Waals surface area contributed by atoms with Crippen LogP contribution in [-0.4, -0.2) is 50.5 Å². The molecule has 3 heterocycles. The van der Waals surface area contributed by atoms with Crippen LogP contribution >= 0.6 is 0 Å². The van der Waals surface area contributed by atoms with Crippen LogP contribution in [0.2, 0.25) is 0 Å². The van der Waals surface area contributed by atoms with Gasteiger partial charge in [-0.2, -0.15) is 5.10 Å². The van der Waals surface area contributed by atoms with E-state index in [1.807, 2.05) is 12.1 Å². The number of hydrogen-bond acceptors (Lipinski definition) is 6. The van der Waals surface area contributed by atoms with Crippen LogP contribution in [0, 0.1) is 5.92 Å². The summed E-state index contributed by atoms with van der Waals surface area (Å²) in [6.45, 7) is 2.33. The van der Waals surface area contributed by atoms with Crippen molar-refractivity contribution < 1.29 is 4.79 Å². The van der Waals surface area contributed by atoms with E-state index in [0.29, 0.717) is 12.4 Å². The lowest BCUT2D eigenvalue weighted by Gasteiger charge is -2.32. The SMILES string of the molecule is O=C(NCCC1=CCCCC1)[C@H]1CCCN(c2ccc(-n3cncn3)nn2)C1. The number of rotatable bonds is 6. The van der Waals surface area contributed by atoms with Crippen molar-refractivity contribution in [3.8, 4) is 5.82 Å². The average Bonchev–Trinajstić information content (AvgIpc) is 3.30. The molecule has 2 aromatic rings. The molecule has 0 unspecified atom stereocenters. The highest BCUT2D eigenvalue weighted by Gasteiger charge is 2.26. The molecule has 8 nitrogen and oxygen atoms in total. The largest absolute Gasteiger partial charge is 0.355 e. The van der Waals surface area contributed by atoms with Crippen molar-refractivity contribution in [1.29, 1.82) is 0 Å². The molecule has 28 heavy (non-hydrogen) atoms. The van der Waals surface area contributed by atoms with Crippen molar-refractivity contribution >= 4 is 11.7 Å². The Morgan fingerprint density at radius 1 is 1.18 bits per heavy atom. The van der Waals surface area contributed by atoms with Crippen LogP contribution in [0.15, 0.2) is 36.4 Å². The third-order valence-corrected chi connectivity index (χ3v) is 5.54. The molecule has 1 aliphatic heterocycles. The van der Waals surface area contributed by atoms with Gasteiger partial charge in [-0.15, -0.1) is 10.2 Å². The Morgan fingerprint density at radius 2 is 2.07 bits per heavy atom. The summed E-state index contributed by atoms with van der Waals surface area (Å²) in [5, 5.41) is 15.8. The highest BCUT2D eigenvalue weighted by molar-refractivity contribution is 5.79. The number of piperidine rings is 1. The van der Waals surface area contributed by atoms with Crippen molar-refractivity contribution in [3.63, 3.8) is 0 Å². The second kappa shape index (κ2) is 8.95. The Bertz CT molecular complexity index is 800. The first-order valence-corrected chi connectivity index (χ1v) is 10.2. The quantitative estimate of drug-likeness (QED) is 0.772. The highest BCUT2D eigenvalue weighted by Crippen LogP contribution is 2.22. The van der Waals surface area contributed by atoms with Gasteiger partial charge in [0.05, 0.1) is 5.92 Å². The normalized spacial score (nSPS) is 19.9. The molecule has 1 saturated heterocycles. The second-order valence-corrected chi connectivity index (χ2v) is 7.52. The molecule has 4 rings (SSSR count). The Kier molecular flexibility index (Phi) is 5.94. The van der Waals surface area contributed by atoms with Gasteiger partial charge in [-0.1, -0.05) is 11.6 Å². The zero-order valence-corrected chi connectivity index (χ0v) is 16.1. The van der Waals surface area contributed by atoms with E-state index in [-0.39, 0.29) is 11.8 Å². The van der Waals surface area contributed by atoms with E-state index in [9.17, 15) is 4.79 Å². The van der Waals surface area contributed by atoms with Crippen LogP contribution < -0.4 is 10.2 Å². The van der Waals surface area contributed by atoms with Crippen LogP contribution in [-0.2, 0) is 4.79 Å². The summed E-state index contributed by atoms with van der Waals surface area (Å²) in [7, 11) is 0. The molecule has 1 amide bonds. The van der Waals surface area contributed by atoms with Crippen molar-refractivity contribution in [3.05, 3.63) is 36.4 Å². The molecule has 0 saturated carbocycles. The van der Waals surface area contributed by atoms with Crippen molar-refractivity contribution in [2.45, 2.75) is 44.9 Å². The molecular formula is C20H27N7O. The minimum Gasteiger partial charge on any atom is -0.355 e. The van der Waals surface area contributed by atoms with Gasteiger partial charge in [-0.05, 0) is 57.1 Å². The Hall–Kier alpha value is -2.77. The summed E-state index contributed by atoms with van der Waals surface area (Å²) in [6.07, 6.45) is 13.3. The summed E-state index contributed by atoms with van der Waals surface area (Å²) in [6, 6.07) is 3.80. The number of allylic oxidation sites excluding steroid dienone is 1. The van der Waals surface area contributed by atoms with Gasteiger partial charge in [0.1, 0.15) is 12.7 Å². The van der Waals surface area contributed by atoms with Gasteiger partial charge in [-0.25, -0.2) is 9.67 Å². The number of anilines is 1. The van der Waals surface area contributed by atoms with E-state index in [0.717, 1.165) is 38.2 Å². The van der Waals surface area contributed by atoms with Crippen LogP contribution in [0.25, 0.3) is 5.82 Å². The van der Waals surface area contributed by atoms with Gasteiger partial charge >= 0.3 is 0 Å². The maximum absolute atomic E-state index is 12.6. The van der Waals surface area contributed by atoms with Crippen molar-refractivity contribution in [1.82, 2.24) is 30.3 Å². The van der Waals surface area contributed by atoms with Gasteiger partial charge in [-0.3, -0.25) is 4.79 Å². The maximum atomic E-state index is 12.6. The third-order valence-electron chi connectivity index (χ3n) is 5.54. The minimum absolute atomic E-state index is 0.00544.